The highest BCUT2D eigenvalue weighted by Gasteiger charge is 2.30. The van der Waals surface area contributed by atoms with E-state index in [1.807, 2.05) is 0 Å². The van der Waals surface area contributed by atoms with Crippen molar-refractivity contribution in [3.05, 3.63) is 74.3 Å². The van der Waals surface area contributed by atoms with Crippen LogP contribution in [0.4, 0.5) is 29.5 Å². The zero-order valence-corrected chi connectivity index (χ0v) is 17.5. The van der Waals surface area contributed by atoms with Crippen LogP contribution in [0.5, 0.6) is 0 Å². The molecule has 2 aromatic carbocycles. The van der Waals surface area contributed by atoms with Gasteiger partial charge < -0.3 is 5.32 Å². The van der Waals surface area contributed by atoms with E-state index >= 15 is 0 Å². The predicted molar refractivity (Wildman–Crippen MR) is 110 cm³/mol. The Morgan fingerprint density at radius 3 is 2.55 bits per heavy atom. The van der Waals surface area contributed by atoms with E-state index in [0.29, 0.717) is 21.1 Å². The van der Waals surface area contributed by atoms with Crippen LogP contribution in [0.15, 0.2) is 53.1 Å². The maximum Gasteiger partial charge on any atom is 0.416 e. The van der Waals surface area contributed by atoms with Crippen molar-refractivity contribution in [1.82, 2.24) is 9.78 Å². The van der Waals surface area contributed by atoms with Gasteiger partial charge in [-0.15, -0.1) is 0 Å². The van der Waals surface area contributed by atoms with E-state index in [1.165, 1.54) is 12.1 Å². The van der Waals surface area contributed by atoms with Crippen LogP contribution in [-0.2, 0) is 12.7 Å². The number of nitrogens with one attached hydrogen (secondary N) is 2. The van der Waals surface area contributed by atoms with Crippen LogP contribution < -0.4 is 10.6 Å². The number of halogens is 6. The van der Waals surface area contributed by atoms with Crippen LogP contribution in [0.2, 0.25) is 10.0 Å². The third-order valence-corrected chi connectivity index (χ3v) is 5.04. The molecule has 0 bridgehead atoms. The molecule has 2 amide bonds. The van der Waals surface area contributed by atoms with Gasteiger partial charge in [0.2, 0.25) is 0 Å². The first-order valence-corrected chi connectivity index (χ1v) is 9.59. The molecule has 0 aliphatic heterocycles. The Labute approximate surface area is 181 Å². The summed E-state index contributed by atoms with van der Waals surface area (Å²) in [6.45, 7) is 0.367. The first-order valence-electron chi connectivity index (χ1n) is 8.04. The second-order valence-electron chi connectivity index (χ2n) is 5.93. The van der Waals surface area contributed by atoms with Crippen LogP contribution in [0.1, 0.15) is 11.1 Å². The summed E-state index contributed by atoms with van der Waals surface area (Å²) in [6.07, 6.45) is -2.86. The Bertz CT molecular complexity index is 1060. The highest BCUT2D eigenvalue weighted by atomic mass is 79.9. The highest BCUT2D eigenvalue weighted by Crippen LogP contribution is 2.31. The number of rotatable bonds is 4. The van der Waals surface area contributed by atoms with Gasteiger partial charge in [-0.05, 0) is 51.8 Å². The zero-order chi connectivity index (χ0) is 21.2. The summed E-state index contributed by atoms with van der Waals surface area (Å²) in [7, 11) is 0. The number of amides is 2. The Kier molecular flexibility index (Phi) is 6.40. The molecule has 3 aromatic rings. The van der Waals surface area contributed by atoms with Gasteiger partial charge in [0, 0.05) is 11.9 Å². The van der Waals surface area contributed by atoms with Gasteiger partial charge in [0.05, 0.1) is 26.6 Å². The molecule has 0 aliphatic rings. The molecule has 11 heteroatoms. The molecule has 0 spiro atoms. The maximum absolute atomic E-state index is 12.8. The zero-order valence-electron chi connectivity index (χ0n) is 14.4. The van der Waals surface area contributed by atoms with Gasteiger partial charge in [0.1, 0.15) is 0 Å². The van der Waals surface area contributed by atoms with Gasteiger partial charge >= 0.3 is 12.2 Å². The minimum atomic E-state index is -4.50. The summed E-state index contributed by atoms with van der Waals surface area (Å²) in [5, 5.41) is 9.92. The number of carbonyl (C=O) groups excluding carboxylic acids is 1. The first kappa shape index (κ1) is 21.5. The average Bonchev–Trinajstić information content (AvgIpc) is 2.96. The Balaban J connectivity index is 1.67. The fourth-order valence-corrected chi connectivity index (χ4v) is 3.17. The number of anilines is 2. The standard InChI is InChI=1S/C18H12BrCl2F3N4O/c19-13-9-28(8-10-4-5-14(20)15(21)6-10)27-16(13)26-17(29)25-12-3-1-2-11(7-12)18(22,23)24/h1-7,9H,8H2,(H2,25,26,27,29). The minimum Gasteiger partial charge on any atom is -0.308 e. The lowest BCUT2D eigenvalue weighted by Gasteiger charge is -2.10. The van der Waals surface area contributed by atoms with Crippen molar-refractivity contribution in [2.24, 2.45) is 0 Å². The summed E-state index contributed by atoms with van der Waals surface area (Å²) in [5.74, 6) is 0.203. The van der Waals surface area contributed by atoms with Crippen LogP contribution in [0.25, 0.3) is 0 Å². The minimum absolute atomic E-state index is 0.00341. The fraction of sp³-hybridized carbons (Fsp3) is 0.111. The second-order valence-corrected chi connectivity index (χ2v) is 7.60. The molecule has 29 heavy (non-hydrogen) atoms. The molecule has 5 nitrogen and oxygen atoms in total. The SMILES string of the molecule is O=C(Nc1cccc(C(F)(F)F)c1)Nc1nn(Cc2ccc(Cl)c(Cl)c2)cc1Br. The molecule has 152 valence electrons. The van der Waals surface area contributed by atoms with Crippen molar-refractivity contribution in [1.29, 1.82) is 0 Å². The third-order valence-electron chi connectivity index (χ3n) is 3.73. The van der Waals surface area contributed by atoms with Crippen molar-refractivity contribution in [3.63, 3.8) is 0 Å². The monoisotopic (exact) mass is 506 g/mol. The summed E-state index contributed by atoms with van der Waals surface area (Å²) in [6, 6.07) is 8.75. The lowest BCUT2D eigenvalue weighted by molar-refractivity contribution is -0.137. The summed E-state index contributed by atoms with van der Waals surface area (Å²) >= 11 is 15.2. The largest absolute Gasteiger partial charge is 0.416 e. The quantitative estimate of drug-likeness (QED) is 0.414. The second kappa shape index (κ2) is 8.64. The smallest absolute Gasteiger partial charge is 0.308 e. The number of hydrogen-bond acceptors (Lipinski definition) is 2. The van der Waals surface area contributed by atoms with Gasteiger partial charge in [-0.1, -0.05) is 35.3 Å². The number of nitrogens with zero attached hydrogens (tertiary/aromatic N) is 2. The fourth-order valence-electron chi connectivity index (χ4n) is 2.43. The van der Waals surface area contributed by atoms with Gasteiger partial charge in [-0.3, -0.25) is 10.00 Å². The molecule has 0 radical (unpaired) electrons. The van der Waals surface area contributed by atoms with E-state index in [4.69, 9.17) is 23.2 Å². The molecule has 1 heterocycles. The van der Waals surface area contributed by atoms with Gasteiger partial charge in [0.15, 0.2) is 5.82 Å². The van der Waals surface area contributed by atoms with Crippen LogP contribution in [0, 0.1) is 0 Å². The molecule has 0 aliphatic carbocycles. The Morgan fingerprint density at radius 2 is 1.86 bits per heavy atom. The van der Waals surface area contributed by atoms with Crippen molar-refractivity contribution in [3.8, 4) is 0 Å². The normalized spacial score (nSPS) is 11.4. The number of urea groups is 1. The number of carbonyl (C=O) groups is 1. The maximum atomic E-state index is 12.8. The van der Waals surface area contributed by atoms with Gasteiger partial charge in [-0.2, -0.15) is 18.3 Å². The van der Waals surface area contributed by atoms with Gasteiger partial charge in [0.25, 0.3) is 0 Å². The Hall–Kier alpha value is -2.23. The van der Waals surface area contributed by atoms with Crippen molar-refractivity contribution < 1.29 is 18.0 Å². The number of hydrogen-bond donors (Lipinski definition) is 2. The summed E-state index contributed by atoms with van der Waals surface area (Å²) < 4.78 is 40.4. The van der Waals surface area contributed by atoms with Crippen molar-refractivity contribution in [2.45, 2.75) is 12.7 Å². The van der Waals surface area contributed by atoms with E-state index in [2.05, 4.69) is 31.7 Å². The highest BCUT2D eigenvalue weighted by molar-refractivity contribution is 9.10. The summed E-state index contributed by atoms with van der Waals surface area (Å²) in [5.41, 5.74) is -0.0135. The molecule has 0 unspecified atom stereocenters. The number of aromatic nitrogens is 2. The van der Waals surface area contributed by atoms with Crippen LogP contribution in [-0.4, -0.2) is 15.8 Å². The molecule has 0 saturated carbocycles. The molecular formula is C18H12BrCl2F3N4O. The van der Waals surface area contributed by atoms with Crippen LogP contribution >= 0.6 is 39.1 Å². The first-order chi connectivity index (χ1) is 13.6. The number of alkyl halides is 3. The lowest BCUT2D eigenvalue weighted by atomic mass is 10.2. The van der Waals surface area contributed by atoms with E-state index in [1.54, 1.807) is 29.1 Å². The van der Waals surface area contributed by atoms with E-state index in [-0.39, 0.29) is 11.5 Å². The Morgan fingerprint density at radius 1 is 1.10 bits per heavy atom. The summed E-state index contributed by atoms with van der Waals surface area (Å²) in [4.78, 5) is 12.1. The van der Waals surface area contributed by atoms with Crippen LogP contribution in [0.3, 0.4) is 0 Å². The van der Waals surface area contributed by atoms with Crippen molar-refractivity contribution in [2.75, 3.05) is 10.6 Å². The molecule has 3 rings (SSSR count). The molecule has 0 saturated heterocycles. The molecule has 0 fully saturated rings. The van der Waals surface area contributed by atoms with Gasteiger partial charge in [-0.25, -0.2) is 4.79 Å². The van der Waals surface area contributed by atoms with E-state index in [0.717, 1.165) is 17.7 Å². The predicted octanol–water partition coefficient (Wildman–Crippen LogP) is 6.66. The molecule has 1 aromatic heterocycles. The molecule has 2 N–H and O–H groups in total. The van der Waals surface area contributed by atoms with E-state index < -0.39 is 17.8 Å². The third kappa shape index (κ3) is 5.65. The molecular weight excluding hydrogens is 496 g/mol. The van der Waals surface area contributed by atoms with E-state index in [9.17, 15) is 18.0 Å². The molecule has 0 atom stereocenters. The lowest BCUT2D eigenvalue weighted by Crippen LogP contribution is -2.20. The van der Waals surface area contributed by atoms with Crippen molar-refractivity contribution >= 4 is 56.7 Å². The number of benzene rings is 2. The average molecular weight is 508 g/mol. The topological polar surface area (TPSA) is 59.0 Å².